The average Bonchev–Trinajstić information content (AvgIpc) is 2.34. The van der Waals surface area contributed by atoms with Crippen LogP contribution >= 0.6 is 11.6 Å². The summed E-state index contributed by atoms with van der Waals surface area (Å²) in [7, 11) is 0. The highest BCUT2D eigenvalue weighted by Crippen LogP contribution is 2.29. The molecule has 2 rings (SSSR count). The van der Waals surface area contributed by atoms with Crippen molar-refractivity contribution in [3.05, 3.63) is 69.7 Å². The van der Waals surface area contributed by atoms with Crippen LogP contribution < -0.4 is 5.73 Å². The van der Waals surface area contributed by atoms with Crippen LogP contribution in [0.2, 0.25) is 5.02 Å². The molecule has 1 unspecified atom stereocenters. The Labute approximate surface area is 109 Å². The van der Waals surface area contributed by atoms with Crippen molar-refractivity contribution in [1.29, 1.82) is 0 Å². The first-order valence-corrected chi connectivity index (χ1v) is 5.83. The van der Waals surface area contributed by atoms with Crippen molar-refractivity contribution in [2.75, 3.05) is 0 Å². The molecular weight excluding hydrogens is 256 g/mol. The summed E-state index contributed by atoms with van der Waals surface area (Å²) in [5.41, 5.74) is 7.92. The van der Waals surface area contributed by atoms with Crippen molar-refractivity contribution in [1.82, 2.24) is 0 Å². The number of hydrogen-bond acceptors (Lipinski definition) is 1. The Morgan fingerprint density at radius 3 is 2.22 bits per heavy atom. The molecule has 94 valence electrons. The molecule has 18 heavy (non-hydrogen) atoms. The molecule has 0 saturated heterocycles. The monoisotopic (exact) mass is 267 g/mol. The zero-order chi connectivity index (χ0) is 13.3. The van der Waals surface area contributed by atoms with E-state index in [2.05, 4.69) is 0 Å². The Balaban J connectivity index is 2.50. The van der Waals surface area contributed by atoms with Crippen LogP contribution in [-0.4, -0.2) is 0 Å². The molecule has 0 aliphatic heterocycles. The van der Waals surface area contributed by atoms with Crippen LogP contribution in [0.3, 0.4) is 0 Å². The smallest absolute Gasteiger partial charge is 0.123 e. The summed E-state index contributed by atoms with van der Waals surface area (Å²) in [6.07, 6.45) is 0. The summed E-state index contributed by atoms with van der Waals surface area (Å²) in [6, 6.07) is 7.68. The molecule has 0 aromatic heterocycles. The third kappa shape index (κ3) is 2.52. The second-order valence-electron chi connectivity index (χ2n) is 4.14. The van der Waals surface area contributed by atoms with E-state index in [4.69, 9.17) is 17.3 Å². The summed E-state index contributed by atoms with van der Waals surface area (Å²) in [5, 5.41) is 0.368. The lowest BCUT2D eigenvalue weighted by atomic mass is 9.95. The van der Waals surface area contributed by atoms with Crippen LogP contribution in [0, 0.1) is 18.6 Å². The molecule has 0 bridgehead atoms. The summed E-state index contributed by atoms with van der Waals surface area (Å²) in [6.45, 7) is 1.82. The van der Waals surface area contributed by atoms with E-state index in [0.29, 0.717) is 16.1 Å². The van der Waals surface area contributed by atoms with Gasteiger partial charge < -0.3 is 5.73 Å². The number of nitrogens with two attached hydrogens (primary N) is 1. The highest BCUT2D eigenvalue weighted by atomic mass is 35.5. The summed E-state index contributed by atoms with van der Waals surface area (Å²) in [4.78, 5) is 0. The highest BCUT2D eigenvalue weighted by molar-refractivity contribution is 6.31. The maximum absolute atomic E-state index is 13.2. The number of benzene rings is 2. The molecule has 0 aliphatic rings. The van der Waals surface area contributed by atoms with Gasteiger partial charge in [0.15, 0.2) is 0 Å². The second kappa shape index (κ2) is 5.04. The van der Waals surface area contributed by atoms with Gasteiger partial charge in [-0.1, -0.05) is 17.7 Å². The van der Waals surface area contributed by atoms with Gasteiger partial charge >= 0.3 is 0 Å². The summed E-state index contributed by atoms with van der Waals surface area (Å²) < 4.78 is 26.5. The topological polar surface area (TPSA) is 26.0 Å². The van der Waals surface area contributed by atoms with Crippen LogP contribution in [-0.2, 0) is 0 Å². The van der Waals surface area contributed by atoms with Gasteiger partial charge in [-0.15, -0.1) is 0 Å². The maximum atomic E-state index is 13.2. The van der Waals surface area contributed by atoms with Gasteiger partial charge in [-0.2, -0.15) is 0 Å². The lowest BCUT2D eigenvalue weighted by molar-refractivity contribution is 0.619. The zero-order valence-corrected chi connectivity index (χ0v) is 10.5. The molecule has 1 nitrogen and oxygen atoms in total. The minimum Gasteiger partial charge on any atom is -0.320 e. The van der Waals surface area contributed by atoms with E-state index in [1.807, 2.05) is 6.92 Å². The lowest BCUT2D eigenvalue weighted by Crippen LogP contribution is -2.14. The molecule has 0 amide bonds. The van der Waals surface area contributed by atoms with Crippen molar-refractivity contribution in [2.24, 2.45) is 5.73 Å². The SMILES string of the molecule is Cc1ccc(F)cc1C(N)c1cc(F)ccc1Cl. The Morgan fingerprint density at radius 2 is 1.56 bits per heavy atom. The minimum atomic E-state index is -0.649. The predicted octanol–water partition coefficient (Wildman–Crippen LogP) is 3.97. The molecule has 1 atom stereocenters. The fraction of sp³-hybridized carbons (Fsp3) is 0.143. The molecule has 2 aromatic rings. The Kier molecular flexibility index (Phi) is 3.64. The third-order valence-electron chi connectivity index (χ3n) is 2.87. The summed E-state index contributed by atoms with van der Waals surface area (Å²) >= 11 is 5.99. The van der Waals surface area contributed by atoms with Gasteiger partial charge in [0, 0.05) is 5.02 Å². The largest absolute Gasteiger partial charge is 0.320 e. The molecule has 0 fully saturated rings. The number of aryl methyl sites for hydroxylation is 1. The molecular formula is C14H12ClF2N. The van der Waals surface area contributed by atoms with E-state index in [9.17, 15) is 8.78 Å². The summed E-state index contributed by atoms with van der Waals surface area (Å²) in [5.74, 6) is -0.794. The Bertz CT molecular complexity index is 533. The fourth-order valence-corrected chi connectivity index (χ4v) is 2.10. The Morgan fingerprint density at radius 1 is 1.00 bits per heavy atom. The molecule has 0 heterocycles. The lowest BCUT2D eigenvalue weighted by Gasteiger charge is -2.16. The van der Waals surface area contributed by atoms with Crippen molar-refractivity contribution >= 4 is 11.6 Å². The number of hydrogen-bond donors (Lipinski definition) is 1. The van der Waals surface area contributed by atoms with E-state index in [1.165, 1.54) is 30.3 Å². The normalized spacial score (nSPS) is 12.5. The maximum Gasteiger partial charge on any atom is 0.123 e. The van der Waals surface area contributed by atoms with Crippen LogP contribution in [0.1, 0.15) is 22.7 Å². The van der Waals surface area contributed by atoms with E-state index in [-0.39, 0.29) is 5.82 Å². The molecule has 2 N–H and O–H groups in total. The standard InChI is InChI=1S/C14H12ClF2N/c1-8-2-3-9(16)6-11(8)14(18)12-7-10(17)4-5-13(12)15/h2-7,14H,18H2,1H3. The van der Waals surface area contributed by atoms with E-state index >= 15 is 0 Å². The van der Waals surface area contributed by atoms with Gasteiger partial charge in [-0.3, -0.25) is 0 Å². The fourth-order valence-electron chi connectivity index (χ4n) is 1.87. The van der Waals surface area contributed by atoms with Gasteiger partial charge in [0.25, 0.3) is 0 Å². The average molecular weight is 268 g/mol. The molecule has 0 spiro atoms. The van der Waals surface area contributed by atoms with Crippen molar-refractivity contribution < 1.29 is 8.78 Å². The molecule has 0 aliphatic carbocycles. The molecule has 0 radical (unpaired) electrons. The van der Waals surface area contributed by atoms with Gasteiger partial charge in [-0.25, -0.2) is 8.78 Å². The highest BCUT2D eigenvalue weighted by Gasteiger charge is 2.16. The second-order valence-corrected chi connectivity index (χ2v) is 4.55. The van der Waals surface area contributed by atoms with Crippen LogP contribution in [0.5, 0.6) is 0 Å². The number of rotatable bonds is 2. The molecule has 2 aromatic carbocycles. The van der Waals surface area contributed by atoms with Gasteiger partial charge in [0.2, 0.25) is 0 Å². The van der Waals surface area contributed by atoms with Gasteiger partial charge in [0.1, 0.15) is 11.6 Å². The number of halogens is 3. The van der Waals surface area contributed by atoms with Crippen LogP contribution in [0.25, 0.3) is 0 Å². The van der Waals surface area contributed by atoms with Gasteiger partial charge in [-0.05, 0) is 53.9 Å². The van der Waals surface area contributed by atoms with Crippen molar-refractivity contribution in [3.63, 3.8) is 0 Å². The first kappa shape index (κ1) is 13.0. The van der Waals surface area contributed by atoms with Crippen LogP contribution in [0.4, 0.5) is 8.78 Å². The van der Waals surface area contributed by atoms with E-state index in [1.54, 1.807) is 6.07 Å². The minimum absolute atomic E-state index is 0.368. The predicted molar refractivity (Wildman–Crippen MR) is 68.6 cm³/mol. The van der Waals surface area contributed by atoms with E-state index in [0.717, 1.165) is 5.56 Å². The molecule has 4 heteroatoms. The Hall–Kier alpha value is -1.45. The quantitative estimate of drug-likeness (QED) is 0.875. The molecule has 0 saturated carbocycles. The van der Waals surface area contributed by atoms with Crippen molar-refractivity contribution in [2.45, 2.75) is 13.0 Å². The van der Waals surface area contributed by atoms with Crippen molar-refractivity contribution in [3.8, 4) is 0 Å². The zero-order valence-electron chi connectivity index (χ0n) is 9.75. The van der Waals surface area contributed by atoms with E-state index < -0.39 is 11.9 Å². The van der Waals surface area contributed by atoms with Crippen LogP contribution in [0.15, 0.2) is 36.4 Å². The van der Waals surface area contributed by atoms with Gasteiger partial charge in [0.05, 0.1) is 6.04 Å². The first-order chi connectivity index (χ1) is 8.49. The first-order valence-electron chi connectivity index (χ1n) is 5.45. The third-order valence-corrected chi connectivity index (χ3v) is 3.21.